The molecule has 2 N–H and O–H groups in total. The van der Waals surface area contributed by atoms with Crippen LogP contribution in [0.1, 0.15) is 0 Å². The van der Waals surface area contributed by atoms with Gasteiger partial charge in [-0.3, -0.25) is 0 Å². The smallest absolute Gasteiger partial charge is 0.0675 e. The van der Waals surface area contributed by atoms with E-state index in [1.807, 2.05) is 0 Å². The molecule has 142 valence electrons. The van der Waals surface area contributed by atoms with Gasteiger partial charge in [0, 0.05) is 7.11 Å². The van der Waals surface area contributed by atoms with Crippen LogP contribution in [0.2, 0.25) is 0 Å². The van der Waals surface area contributed by atoms with E-state index in [1.165, 1.54) is 0 Å². The summed E-state index contributed by atoms with van der Waals surface area (Å²) in [6.45, 7) is 0. The highest BCUT2D eigenvalue weighted by atomic mass is 28.4. The second-order valence-corrected chi connectivity index (χ2v) is 10.2. The molecule has 22 heavy (non-hydrogen) atoms. The lowest BCUT2D eigenvalue weighted by atomic mass is 10.8. The van der Waals surface area contributed by atoms with Crippen LogP contribution < -0.4 is 14.4 Å². The van der Waals surface area contributed by atoms with E-state index in [-0.39, 0.29) is 5.48 Å². The number of nitrogens with zero attached hydrogens (tertiary/aromatic N) is 3. The second-order valence-electron chi connectivity index (χ2n) is 8.75. The molecule has 0 amide bonds. The number of hydrogen-bond acceptors (Lipinski definition) is 4. The van der Waals surface area contributed by atoms with Gasteiger partial charge in [0.2, 0.25) is 0 Å². The Bertz CT molecular complexity index is 181. The molecule has 0 heterocycles. The summed E-state index contributed by atoms with van der Waals surface area (Å²) in [4.78, 5) is 27.8. The predicted octanol–water partition coefficient (Wildman–Crippen LogP) is -3.71. The van der Waals surface area contributed by atoms with Crippen LogP contribution in [-0.2, 0) is 4.43 Å². The Morgan fingerprint density at radius 2 is 0.591 bits per heavy atom. The first-order valence-electron chi connectivity index (χ1n) is 6.59. The highest BCUT2D eigenvalue weighted by Gasteiger charge is 1.89. The monoisotopic (exact) mass is 347 g/mol. The van der Waals surface area contributed by atoms with Gasteiger partial charge in [-0.2, -0.15) is 0 Å². The van der Waals surface area contributed by atoms with E-state index in [2.05, 4.69) is 89.0 Å². The third-order valence-corrected chi connectivity index (χ3v) is 0.750. The maximum atomic E-state index is 9.28. The number of hydrogen-bond donors (Lipinski definition) is 0. The molecule has 9 heteroatoms. The zero-order valence-electron chi connectivity index (χ0n) is 17.0. The van der Waals surface area contributed by atoms with Crippen molar-refractivity contribution in [3.63, 3.8) is 0 Å². The molecule has 8 nitrogen and oxygen atoms in total. The SMILES string of the molecule is CO[Si]([O-])([O-])[O-].C[N+](C)(C)C.C[N+](C)(C)C.C[N+](C)(C)C.O. The molecule has 0 aromatic carbocycles. The fourth-order valence-electron chi connectivity index (χ4n) is 0. The molecule has 0 radical (unpaired) electrons. The average Bonchev–Trinajstić information content (AvgIpc) is 1.91. The van der Waals surface area contributed by atoms with Crippen LogP contribution in [0, 0.1) is 0 Å². The third kappa shape index (κ3) is 847. The topological polar surface area (TPSA) is 110 Å². The highest BCUT2D eigenvalue weighted by molar-refractivity contribution is 6.42. The molecule has 0 spiro atoms. The second kappa shape index (κ2) is 13.3. The lowest BCUT2D eigenvalue weighted by Gasteiger charge is -2.52. The van der Waals surface area contributed by atoms with Gasteiger partial charge < -0.3 is 37.7 Å². The van der Waals surface area contributed by atoms with Gasteiger partial charge in [0.1, 0.15) is 0 Å². The lowest BCUT2D eigenvalue weighted by molar-refractivity contribution is -0.849. The molecule has 0 saturated heterocycles. The summed E-state index contributed by atoms with van der Waals surface area (Å²) < 4.78 is 6.41. The van der Waals surface area contributed by atoms with Gasteiger partial charge in [0.25, 0.3) is 0 Å². The van der Waals surface area contributed by atoms with E-state index in [0.29, 0.717) is 0 Å². The van der Waals surface area contributed by atoms with E-state index in [1.54, 1.807) is 0 Å². The van der Waals surface area contributed by atoms with Gasteiger partial charge in [-0.15, -0.1) is 9.05 Å². The Balaban J connectivity index is -0.0000000577. The standard InChI is InChI=1S/3C4H12N.CH3O4Si.H2O/c3*1-5(2,3)4;1-5-6(2,3)4;/h3*1-4H3;1H3;1H2/q3*+1;-3;. The molecular formula is C13H41N3O5Si. The minimum Gasteiger partial charge on any atom is -0.861 e. The van der Waals surface area contributed by atoms with Crippen molar-refractivity contribution in [3.8, 4) is 0 Å². The summed E-state index contributed by atoms with van der Waals surface area (Å²) in [6.07, 6.45) is 0. The first-order valence-corrected chi connectivity index (χ1v) is 8.22. The maximum absolute atomic E-state index is 9.28. The van der Waals surface area contributed by atoms with Crippen molar-refractivity contribution >= 4 is 9.05 Å². The van der Waals surface area contributed by atoms with Crippen molar-refractivity contribution in [2.24, 2.45) is 0 Å². The van der Waals surface area contributed by atoms with Gasteiger partial charge in [-0.1, -0.05) is 0 Å². The molecule has 0 aliphatic heterocycles. The van der Waals surface area contributed by atoms with E-state index >= 15 is 0 Å². The van der Waals surface area contributed by atoms with Crippen LogP contribution in [0.25, 0.3) is 0 Å². The van der Waals surface area contributed by atoms with Gasteiger partial charge in [0.15, 0.2) is 0 Å². The minimum atomic E-state index is -4.88. The Kier molecular flexibility index (Phi) is 20.3. The summed E-state index contributed by atoms with van der Waals surface area (Å²) in [7, 11) is 21.5. The Hall–Kier alpha value is -0.103. The lowest BCUT2D eigenvalue weighted by Crippen LogP contribution is -2.74. The van der Waals surface area contributed by atoms with Gasteiger partial charge in [-0.25, -0.2) is 0 Å². The first kappa shape index (κ1) is 33.5. The largest absolute Gasteiger partial charge is 0.861 e. The minimum absolute atomic E-state index is 0. The van der Waals surface area contributed by atoms with Crippen LogP contribution in [0.4, 0.5) is 0 Å². The Morgan fingerprint density at radius 3 is 0.591 bits per heavy atom. The quantitative estimate of drug-likeness (QED) is 0.359. The molecule has 0 bridgehead atoms. The van der Waals surface area contributed by atoms with Crippen LogP contribution in [0.3, 0.4) is 0 Å². The van der Waals surface area contributed by atoms with Gasteiger partial charge >= 0.3 is 0 Å². The van der Waals surface area contributed by atoms with Crippen molar-refractivity contribution in [2.45, 2.75) is 0 Å². The van der Waals surface area contributed by atoms with Crippen molar-refractivity contribution in [3.05, 3.63) is 0 Å². The van der Waals surface area contributed by atoms with E-state index in [4.69, 9.17) is 0 Å². The number of rotatable bonds is 1. The average molecular weight is 348 g/mol. The molecule has 0 rings (SSSR count). The van der Waals surface area contributed by atoms with Crippen LogP contribution in [0.5, 0.6) is 0 Å². The summed E-state index contributed by atoms with van der Waals surface area (Å²) >= 11 is 0. The summed E-state index contributed by atoms with van der Waals surface area (Å²) in [5, 5.41) is 0. The van der Waals surface area contributed by atoms with Crippen LogP contribution >= 0.6 is 0 Å². The van der Waals surface area contributed by atoms with Crippen LogP contribution in [0.15, 0.2) is 0 Å². The van der Waals surface area contributed by atoms with E-state index in [0.717, 1.165) is 20.6 Å². The van der Waals surface area contributed by atoms with E-state index < -0.39 is 9.05 Å². The van der Waals surface area contributed by atoms with Crippen molar-refractivity contribution in [2.75, 3.05) is 91.7 Å². The number of quaternary nitrogens is 3. The van der Waals surface area contributed by atoms with Crippen molar-refractivity contribution in [1.82, 2.24) is 0 Å². The zero-order valence-corrected chi connectivity index (χ0v) is 18.0. The zero-order chi connectivity index (χ0) is 18.7. The molecular weight excluding hydrogens is 306 g/mol. The van der Waals surface area contributed by atoms with Gasteiger partial charge in [0.05, 0.1) is 84.6 Å². The highest BCUT2D eigenvalue weighted by Crippen LogP contribution is 1.74. The summed E-state index contributed by atoms with van der Waals surface area (Å²) in [5.74, 6) is 0. The molecule has 0 aliphatic rings. The molecule has 0 aliphatic carbocycles. The first-order chi connectivity index (χ1) is 8.56. The van der Waals surface area contributed by atoms with Gasteiger partial charge in [-0.05, 0) is 0 Å². The maximum Gasteiger partial charge on any atom is 0.0675 e. The van der Waals surface area contributed by atoms with E-state index in [9.17, 15) is 14.4 Å². The normalized spacial score (nSPS) is 11.5. The third-order valence-electron chi connectivity index (χ3n) is 0.250. The van der Waals surface area contributed by atoms with Crippen LogP contribution in [-0.4, -0.2) is 120 Å². The summed E-state index contributed by atoms with van der Waals surface area (Å²) in [5.41, 5.74) is 0. The summed E-state index contributed by atoms with van der Waals surface area (Å²) in [6, 6.07) is 0. The molecule has 0 atom stereocenters. The molecule has 0 aromatic heterocycles. The fourth-order valence-corrected chi connectivity index (χ4v) is 0. The molecule has 0 saturated carbocycles. The Labute approximate surface area is 139 Å². The molecule has 0 fully saturated rings. The molecule has 0 unspecified atom stereocenters. The van der Waals surface area contributed by atoms with Crippen molar-refractivity contribution < 1.29 is 37.7 Å². The Morgan fingerprint density at radius 1 is 0.545 bits per heavy atom. The fraction of sp³-hybridized carbons (Fsp3) is 1.00. The predicted molar refractivity (Wildman–Crippen MR) is 88.2 cm³/mol. The molecule has 0 aromatic rings. The van der Waals surface area contributed by atoms with Crippen molar-refractivity contribution in [1.29, 1.82) is 0 Å².